The van der Waals surface area contributed by atoms with Gasteiger partial charge < -0.3 is 5.11 Å². The molecule has 1 aliphatic carbocycles. The van der Waals surface area contributed by atoms with Crippen LogP contribution in [0.25, 0.3) is 0 Å². The average molecular weight is 562 g/mol. The number of fused-ring (bicyclic) bond motifs is 4. The maximum Gasteiger partial charge on any atom is 0.347 e. The Balaban J connectivity index is 1.82. The number of phenols is 1. The molecule has 0 spiro atoms. The van der Waals surface area contributed by atoms with Gasteiger partial charge in [-0.05, 0) is 23.3 Å². The van der Waals surface area contributed by atoms with Crippen LogP contribution in [0.4, 0.5) is 4.39 Å². The SMILES string of the molecule is Cn1c(=O)n2n(c1=O)[C@@H]1C[C@@]3(Cl)C(=O)N(CBr)C(=O)[C@@]3(Cl)[C@@H](c3ccc(O)c(F)c3)C1=CC2. The van der Waals surface area contributed by atoms with Gasteiger partial charge in [-0.3, -0.25) is 14.5 Å². The minimum Gasteiger partial charge on any atom is -0.505 e. The zero-order valence-electron chi connectivity index (χ0n) is 17.0. The first kappa shape index (κ1) is 22.4. The third-order valence-corrected chi connectivity index (χ3v) is 8.69. The van der Waals surface area contributed by atoms with Crippen molar-refractivity contribution < 1.29 is 19.1 Å². The van der Waals surface area contributed by atoms with Gasteiger partial charge in [0.15, 0.2) is 21.3 Å². The standard InChI is InChI=1S/C20H16BrCl2FN4O5/c1-25-17(32)27-5-4-10-12(28(27)18(25)33)7-19(22)15(30)26(8-21)16(31)20(19,23)14(10)9-2-3-13(29)11(24)6-9/h2-4,6,12,14,29H,5,7-8H2,1H3/t12-,14+,19-,20+/m1/s1. The summed E-state index contributed by atoms with van der Waals surface area (Å²) in [5.74, 6) is -4.19. The number of rotatable bonds is 2. The highest BCUT2D eigenvalue weighted by molar-refractivity contribution is 9.09. The van der Waals surface area contributed by atoms with Crippen molar-refractivity contribution in [2.75, 3.05) is 5.45 Å². The lowest BCUT2D eigenvalue weighted by Gasteiger charge is -2.49. The number of benzene rings is 1. The van der Waals surface area contributed by atoms with Crippen LogP contribution in [0.2, 0.25) is 0 Å². The molecular formula is C20H16BrCl2FN4O5. The second-order valence-corrected chi connectivity index (χ2v) is 10.0. The summed E-state index contributed by atoms with van der Waals surface area (Å²) >= 11 is 17.0. The quantitative estimate of drug-likeness (QED) is 0.259. The molecule has 1 aromatic carbocycles. The molecule has 1 saturated carbocycles. The third-order valence-electron chi connectivity index (χ3n) is 6.78. The summed E-state index contributed by atoms with van der Waals surface area (Å²) in [5.41, 5.74) is -0.688. The van der Waals surface area contributed by atoms with Crippen LogP contribution in [0, 0.1) is 5.82 Å². The predicted molar refractivity (Wildman–Crippen MR) is 119 cm³/mol. The Hall–Kier alpha value is -2.37. The smallest absolute Gasteiger partial charge is 0.347 e. The third kappa shape index (κ3) is 2.58. The number of phenolic OH excluding ortho intramolecular Hbond substituents is 1. The van der Waals surface area contributed by atoms with Gasteiger partial charge in [0.1, 0.15) is 0 Å². The lowest BCUT2D eigenvalue weighted by atomic mass is 9.64. The van der Waals surface area contributed by atoms with Gasteiger partial charge >= 0.3 is 11.4 Å². The molecule has 0 bridgehead atoms. The summed E-state index contributed by atoms with van der Waals surface area (Å²) in [4.78, 5) is 49.1. The summed E-state index contributed by atoms with van der Waals surface area (Å²) in [6, 6.07) is 2.63. The molecular weight excluding hydrogens is 546 g/mol. The monoisotopic (exact) mass is 560 g/mol. The van der Waals surface area contributed by atoms with E-state index < -0.39 is 56.5 Å². The molecule has 33 heavy (non-hydrogen) atoms. The van der Waals surface area contributed by atoms with Crippen LogP contribution in [0.3, 0.4) is 0 Å². The Labute approximate surface area is 203 Å². The van der Waals surface area contributed by atoms with Gasteiger partial charge in [-0.15, -0.1) is 23.2 Å². The number of amides is 2. The molecule has 9 nitrogen and oxygen atoms in total. The topological polar surface area (TPSA) is 107 Å². The van der Waals surface area contributed by atoms with Gasteiger partial charge in [0.05, 0.1) is 18.0 Å². The average Bonchev–Trinajstić information content (AvgIpc) is 3.09. The van der Waals surface area contributed by atoms with Crippen LogP contribution in [0.15, 0.2) is 39.4 Å². The van der Waals surface area contributed by atoms with Gasteiger partial charge in [-0.2, -0.15) is 0 Å². The number of aromatic hydroxyl groups is 1. The van der Waals surface area contributed by atoms with Gasteiger partial charge in [0.2, 0.25) is 0 Å². The Bertz CT molecular complexity index is 1400. The van der Waals surface area contributed by atoms with Crippen molar-refractivity contribution in [1.82, 2.24) is 18.8 Å². The minimum absolute atomic E-state index is 0.00433. The molecule has 4 atom stereocenters. The van der Waals surface area contributed by atoms with Gasteiger partial charge in [0.25, 0.3) is 11.8 Å². The van der Waals surface area contributed by atoms with Crippen molar-refractivity contribution >= 4 is 50.9 Å². The van der Waals surface area contributed by atoms with E-state index in [4.69, 9.17) is 23.2 Å². The molecule has 13 heteroatoms. The lowest BCUT2D eigenvalue weighted by molar-refractivity contribution is -0.138. The van der Waals surface area contributed by atoms with E-state index in [0.717, 1.165) is 21.6 Å². The maximum absolute atomic E-state index is 14.4. The van der Waals surface area contributed by atoms with E-state index in [9.17, 15) is 28.7 Å². The molecule has 1 N–H and O–H groups in total. The molecule has 2 aromatic rings. The zero-order chi connectivity index (χ0) is 24.0. The molecule has 1 saturated heterocycles. The molecule has 0 radical (unpaired) electrons. The van der Waals surface area contributed by atoms with Crippen molar-refractivity contribution in [2.45, 2.75) is 34.7 Å². The molecule has 2 amide bonds. The number of allylic oxidation sites excluding steroid dienone is 2. The minimum atomic E-state index is -2.04. The molecule has 5 rings (SSSR count). The number of likely N-dealkylation sites (tertiary alicyclic amines) is 1. The largest absolute Gasteiger partial charge is 0.505 e. The van der Waals surface area contributed by atoms with E-state index in [-0.39, 0.29) is 24.0 Å². The summed E-state index contributed by atoms with van der Waals surface area (Å²) < 4.78 is 17.7. The number of alkyl halides is 3. The van der Waals surface area contributed by atoms with Crippen LogP contribution in [0.1, 0.15) is 23.9 Å². The summed E-state index contributed by atoms with van der Waals surface area (Å²) in [6.07, 6.45) is 1.41. The first-order valence-electron chi connectivity index (χ1n) is 9.86. The van der Waals surface area contributed by atoms with E-state index in [1.807, 2.05) is 0 Å². The molecule has 2 fully saturated rings. The molecule has 174 valence electrons. The highest BCUT2D eigenvalue weighted by atomic mass is 79.9. The van der Waals surface area contributed by atoms with Crippen molar-refractivity contribution in [3.8, 4) is 5.75 Å². The number of carbonyl (C=O) groups is 2. The number of hydrogen-bond acceptors (Lipinski definition) is 5. The number of aromatic nitrogens is 3. The Morgan fingerprint density at radius 3 is 2.52 bits per heavy atom. The fourth-order valence-corrected chi connectivity index (χ4v) is 6.61. The highest BCUT2D eigenvalue weighted by Gasteiger charge is 2.75. The van der Waals surface area contributed by atoms with E-state index >= 15 is 0 Å². The van der Waals surface area contributed by atoms with Crippen molar-refractivity contribution in [3.05, 3.63) is 62.2 Å². The van der Waals surface area contributed by atoms with E-state index in [0.29, 0.717) is 5.57 Å². The lowest BCUT2D eigenvalue weighted by Crippen LogP contribution is -2.59. The van der Waals surface area contributed by atoms with E-state index in [1.54, 1.807) is 6.08 Å². The summed E-state index contributed by atoms with van der Waals surface area (Å²) in [5, 5.41) is 9.68. The molecule has 1 aromatic heterocycles. The fraction of sp³-hybridized carbons (Fsp3) is 0.400. The van der Waals surface area contributed by atoms with Crippen LogP contribution >= 0.6 is 39.1 Å². The van der Waals surface area contributed by atoms with Crippen LogP contribution in [-0.2, 0) is 23.2 Å². The van der Waals surface area contributed by atoms with Crippen molar-refractivity contribution in [1.29, 1.82) is 0 Å². The second-order valence-electron chi connectivity index (χ2n) is 8.29. The Kier molecular flexibility index (Phi) is 4.80. The van der Waals surface area contributed by atoms with Crippen molar-refractivity contribution in [3.63, 3.8) is 0 Å². The predicted octanol–water partition coefficient (Wildman–Crippen LogP) is 1.54. The molecule has 2 aliphatic heterocycles. The van der Waals surface area contributed by atoms with E-state index in [2.05, 4.69) is 15.9 Å². The van der Waals surface area contributed by atoms with Gasteiger partial charge in [-0.1, -0.05) is 28.1 Å². The number of imide groups is 1. The fourth-order valence-electron chi connectivity index (χ4n) is 5.20. The Morgan fingerprint density at radius 1 is 1.18 bits per heavy atom. The maximum atomic E-state index is 14.4. The number of halogens is 4. The van der Waals surface area contributed by atoms with Crippen LogP contribution in [-0.4, -0.2) is 51.0 Å². The van der Waals surface area contributed by atoms with Crippen molar-refractivity contribution in [2.24, 2.45) is 7.05 Å². The number of carbonyl (C=O) groups excluding carboxylic acids is 2. The second kappa shape index (κ2) is 7.07. The van der Waals surface area contributed by atoms with Gasteiger partial charge in [-0.25, -0.2) is 27.9 Å². The molecule has 0 unspecified atom stereocenters. The van der Waals surface area contributed by atoms with Crippen LogP contribution < -0.4 is 11.4 Å². The highest BCUT2D eigenvalue weighted by Crippen LogP contribution is 2.63. The number of hydrogen-bond donors (Lipinski definition) is 1. The number of nitrogens with zero attached hydrogens (tertiary/aromatic N) is 4. The first-order valence-corrected chi connectivity index (χ1v) is 11.7. The summed E-state index contributed by atoms with van der Waals surface area (Å²) in [7, 11) is 1.33. The Morgan fingerprint density at radius 2 is 1.88 bits per heavy atom. The zero-order valence-corrected chi connectivity index (χ0v) is 20.1. The van der Waals surface area contributed by atoms with Gasteiger partial charge in [0, 0.05) is 19.4 Å². The normalized spacial score (nSPS) is 30.7. The molecule has 3 heterocycles. The first-order chi connectivity index (χ1) is 15.5. The van der Waals surface area contributed by atoms with E-state index in [1.165, 1.54) is 22.5 Å². The molecule has 3 aliphatic rings. The van der Waals surface area contributed by atoms with Crippen LogP contribution in [0.5, 0.6) is 5.75 Å². The summed E-state index contributed by atoms with van der Waals surface area (Å²) in [6.45, 7) is 0.00433.